The van der Waals surface area contributed by atoms with Crippen molar-refractivity contribution in [1.82, 2.24) is 0 Å². The summed E-state index contributed by atoms with van der Waals surface area (Å²) in [6, 6.07) is 8.23. The minimum atomic E-state index is 1.04. The molecule has 1 aromatic carbocycles. The van der Waals surface area contributed by atoms with Crippen molar-refractivity contribution in [3.63, 3.8) is 0 Å². The average molecular weight is 175 g/mol. The molecule has 0 heterocycles. The topological polar surface area (TPSA) is 12.0 Å². The van der Waals surface area contributed by atoms with Gasteiger partial charge in [-0.3, -0.25) is 0 Å². The Morgan fingerprint density at radius 1 is 1.38 bits per heavy atom. The molecule has 0 amide bonds. The third-order valence-electron chi connectivity index (χ3n) is 2.03. The number of hydrogen-bond donors (Lipinski definition) is 1. The van der Waals surface area contributed by atoms with Crippen LogP contribution in [-0.2, 0) is 0 Å². The molecular weight excluding hydrogens is 158 g/mol. The van der Waals surface area contributed by atoms with Gasteiger partial charge in [-0.05, 0) is 18.1 Å². The van der Waals surface area contributed by atoms with Gasteiger partial charge in [0.15, 0.2) is 0 Å². The highest BCUT2D eigenvalue weighted by molar-refractivity contribution is 5.65. The number of hydrogen-bond acceptors (Lipinski definition) is 1. The van der Waals surface area contributed by atoms with Gasteiger partial charge in [-0.2, -0.15) is 0 Å². The van der Waals surface area contributed by atoms with E-state index in [1.54, 1.807) is 0 Å². The van der Waals surface area contributed by atoms with E-state index in [-0.39, 0.29) is 0 Å². The molecule has 0 bridgehead atoms. The maximum Gasteiger partial charge on any atom is 0.0413 e. The number of nitrogens with one attached hydrogen (secondary N) is 1. The monoisotopic (exact) mass is 175 g/mol. The molecule has 0 unspecified atom stereocenters. The van der Waals surface area contributed by atoms with Crippen LogP contribution >= 0.6 is 0 Å². The van der Waals surface area contributed by atoms with Crippen LogP contribution in [0.5, 0.6) is 0 Å². The fraction of sp³-hybridized carbons (Fsp3) is 0.333. The molecule has 13 heavy (non-hydrogen) atoms. The second-order valence-electron chi connectivity index (χ2n) is 3.07. The number of rotatable bonds is 5. The summed E-state index contributed by atoms with van der Waals surface area (Å²) in [6.45, 7) is 7.02. The molecule has 0 fully saturated rings. The largest absolute Gasteiger partial charge is 0.385 e. The van der Waals surface area contributed by atoms with Crippen molar-refractivity contribution in [2.75, 3.05) is 11.9 Å². The van der Waals surface area contributed by atoms with Gasteiger partial charge < -0.3 is 5.32 Å². The highest BCUT2D eigenvalue weighted by Gasteiger charge is 1.95. The minimum Gasteiger partial charge on any atom is -0.385 e. The average Bonchev–Trinajstić information content (AvgIpc) is 2.19. The molecule has 0 saturated heterocycles. The minimum absolute atomic E-state index is 1.04. The van der Waals surface area contributed by atoms with E-state index in [1.165, 1.54) is 24.1 Å². The van der Waals surface area contributed by atoms with E-state index in [9.17, 15) is 0 Å². The van der Waals surface area contributed by atoms with Crippen molar-refractivity contribution in [2.24, 2.45) is 0 Å². The van der Waals surface area contributed by atoms with Crippen LogP contribution < -0.4 is 5.32 Å². The molecule has 1 N–H and O–H groups in total. The Kier molecular flexibility index (Phi) is 4.10. The predicted molar refractivity (Wildman–Crippen MR) is 59.9 cm³/mol. The third-order valence-corrected chi connectivity index (χ3v) is 2.03. The lowest BCUT2D eigenvalue weighted by molar-refractivity contribution is 0.834. The zero-order valence-electron chi connectivity index (χ0n) is 8.22. The van der Waals surface area contributed by atoms with Crippen molar-refractivity contribution in [3.05, 3.63) is 36.4 Å². The summed E-state index contributed by atoms with van der Waals surface area (Å²) in [7, 11) is 0. The van der Waals surface area contributed by atoms with Gasteiger partial charge in [0.25, 0.3) is 0 Å². The highest BCUT2D eigenvalue weighted by atomic mass is 14.9. The van der Waals surface area contributed by atoms with E-state index in [1.807, 2.05) is 18.2 Å². The van der Waals surface area contributed by atoms with Crippen LogP contribution in [0.25, 0.3) is 6.08 Å². The lowest BCUT2D eigenvalue weighted by Gasteiger charge is -2.08. The maximum atomic E-state index is 3.78. The maximum absolute atomic E-state index is 3.78. The Labute approximate surface area is 80.5 Å². The first-order valence-electron chi connectivity index (χ1n) is 4.83. The summed E-state index contributed by atoms with van der Waals surface area (Å²) in [5.74, 6) is 0. The Hall–Kier alpha value is -1.24. The molecule has 1 heteroatoms. The number of unbranched alkanes of at least 4 members (excludes halogenated alkanes) is 1. The fourth-order valence-electron chi connectivity index (χ4n) is 1.24. The normalized spacial score (nSPS) is 9.62. The summed E-state index contributed by atoms with van der Waals surface area (Å²) < 4.78 is 0. The molecule has 1 aromatic rings. The van der Waals surface area contributed by atoms with Gasteiger partial charge in [-0.15, -0.1) is 0 Å². The van der Waals surface area contributed by atoms with Gasteiger partial charge in [-0.25, -0.2) is 0 Å². The summed E-state index contributed by atoms with van der Waals surface area (Å²) in [5.41, 5.74) is 2.37. The summed E-state index contributed by atoms with van der Waals surface area (Å²) in [5, 5.41) is 3.39. The van der Waals surface area contributed by atoms with Crippen molar-refractivity contribution in [2.45, 2.75) is 19.8 Å². The second kappa shape index (κ2) is 5.41. The van der Waals surface area contributed by atoms with Crippen LogP contribution in [0, 0.1) is 0 Å². The van der Waals surface area contributed by atoms with E-state index < -0.39 is 0 Å². The van der Waals surface area contributed by atoms with Crippen LogP contribution in [-0.4, -0.2) is 6.54 Å². The van der Waals surface area contributed by atoms with Crippen molar-refractivity contribution in [1.29, 1.82) is 0 Å². The van der Waals surface area contributed by atoms with Crippen LogP contribution in [0.1, 0.15) is 25.3 Å². The smallest absolute Gasteiger partial charge is 0.0413 e. The van der Waals surface area contributed by atoms with Crippen molar-refractivity contribution >= 4 is 11.8 Å². The van der Waals surface area contributed by atoms with Crippen LogP contribution in [0.4, 0.5) is 5.69 Å². The quantitative estimate of drug-likeness (QED) is 0.675. The molecular formula is C12H17N. The van der Waals surface area contributed by atoms with E-state index in [0.717, 1.165) is 6.54 Å². The number of anilines is 1. The standard InChI is InChI=1S/C12H17N/c1-3-5-10-13-12-9-7-6-8-11(12)4-2/h4,6-9,13H,2-3,5,10H2,1H3. The first kappa shape index (κ1) is 9.85. The fourth-order valence-corrected chi connectivity index (χ4v) is 1.24. The Morgan fingerprint density at radius 3 is 2.85 bits per heavy atom. The Balaban J connectivity index is 2.59. The van der Waals surface area contributed by atoms with E-state index in [4.69, 9.17) is 0 Å². The van der Waals surface area contributed by atoms with Gasteiger partial charge in [0.1, 0.15) is 0 Å². The first-order chi connectivity index (χ1) is 6.38. The van der Waals surface area contributed by atoms with Gasteiger partial charge in [0, 0.05) is 12.2 Å². The van der Waals surface area contributed by atoms with Crippen molar-refractivity contribution < 1.29 is 0 Å². The number of benzene rings is 1. The lowest BCUT2D eigenvalue weighted by Crippen LogP contribution is -2.01. The van der Waals surface area contributed by atoms with Crippen molar-refractivity contribution in [3.8, 4) is 0 Å². The Bertz CT molecular complexity index is 266. The van der Waals surface area contributed by atoms with E-state index in [0.29, 0.717) is 0 Å². The predicted octanol–water partition coefficient (Wildman–Crippen LogP) is 3.54. The van der Waals surface area contributed by atoms with E-state index in [2.05, 4.69) is 31.0 Å². The van der Waals surface area contributed by atoms with E-state index >= 15 is 0 Å². The molecule has 0 aromatic heterocycles. The zero-order chi connectivity index (χ0) is 9.52. The van der Waals surface area contributed by atoms with Crippen LogP contribution in [0.2, 0.25) is 0 Å². The summed E-state index contributed by atoms with van der Waals surface area (Å²) in [4.78, 5) is 0. The molecule has 0 atom stereocenters. The Morgan fingerprint density at radius 2 is 2.15 bits per heavy atom. The molecule has 0 aliphatic rings. The molecule has 0 aliphatic heterocycles. The summed E-state index contributed by atoms with van der Waals surface area (Å²) in [6.07, 6.45) is 4.32. The van der Waals surface area contributed by atoms with Gasteiger partial charge in [-0.1, -0.05) is 44.2 Å². The summed E-state index contributed by atoms with van der Waals surface area (Å²) >= 11 is 0. The molecule has 70 valence electrons. The first-order valence-corrected chi connectivity index (χ1v) is 4.83. The third kappa shape index (κ3) is 2.94. The molecule has 0 spiro atoms. The van der Waals surface area contributed by atoms with Gasteiger partial charge in [0.2, 0.25) is 0 Å². The highest BCUT2D eigenvalue weighted by Crippen LogP contribution is 2.15. The van der Waals surface area contributed by atoms with Gasteiger partial charge in [0.05, 0.1) is 0 Å². The molecule has 0 radical (unpaired) electrons. The zero-order valence-corrected chi connectivity index (χ0v) is 8.22. The molecule has 0 saturated carbocycles. The van der Waals surface area contributed by atoms with Crippen LogP contribution in [0.15, 0.2) is 30.8 Å². The SMILES string of the molecule is C=Cc1ccccc1NCCCC. The molecule has 1 nitrogen and oxygen atoms in total. The van der Waals surface area contributed by atoms with Gasteiger partial charge >= 0.3 is 0 Å². The van der Waals surface area contributed by atoms with Crippen LogP contribution in [0.3, 0.4) is 0 Å². The molecule has 1 rings (SSSR count). The molecule has 0 aliphatic carbocycles. The second-order valence-corrected chi connectivity index (χ2v) is 3.07. The lowest BCUT2D eigenvalue weighted by atomic mass is 10.1. The number of para-hydroxylation sites is 1.